The van der Waals surface area contributed by atoms with Crippen molar-refractivity contribution in [1.29, 1.82) is 0 Å². The van der Waals surface area contributed by atoms with Crippen molar-refractivity contribution >= 4 is 17.5 Å². The lowest BCUT2D eigenvalue weighted by Gasteiger charge is -2.42. The van der Waals surface area contributed by atoms with Crippen LogP contribution in [0.1, 0.15) is 17.8 Å². The van der Waals surface area contributed by atoms with E-state index in [1.54, 1.807) is 6.33 Å². The molecule has 0 radical (unpaired) electrons. The van der Waals surface area contributed by atoms with Crippen LogP contribution in [0.5, 0.6) is 0 Å². The molecule has 0 aliphatic carbocycles. The molecule has 0 spiro atoms. The Balaban J connectivity index is 1.38. The molecule has 1 aromatic carbocycles. The highest BCUT2D eigenvalue weighted by atomic mass is 16.2. The van der Waals surface area contributed by atoms with Gasteiger partial charge in [0.2, 0.25) is 11.8 Å². The fraction of sp³-hybridized carbons (Fsp3) is 0.450. The van der Waals surface area contributed by atoms with E-state index in [2.05, 4.69) is 15.2 Å². The van der Waals surface area contributed by atoms with Gasteiger partial charge in [0.1, 0.15) is 0 Å². The molecule has 2 aliphatic rings. The molecule has 7 heteroatoms. The minimum Gasteiger partial charge on any atom is -0.336 e. The van der Waals surface area contributed by atoms with Crippen molar-refractivity contribution in [2.75, 3.05) is 32.0 Å². The van der Waals surface area contributed by atoms with Gasteiger partial charge in [0.25, 0.3) is 0 Å². The summed E-state index contributed by atoms with van der Waals surface area (Å²) >= 11 is 0. The van der Waals surface area contributed by atoms with E-state index in [1.807, 2.05) is 54.6 Å². The summed E-state index contributed by atoms with van der Waals surface area (Å²) < 4.78 is 2.02. The van der Waals surface area contributed by atoms with Crippen molar-refractivity contribution in [2.24, 2.45) is 5.92 Å². The average molecular weight is 367 g/mol. The molecule has 2 amide bonds. The molecule has 7 nitrogen and oxygen atoms in total. The van der Waals surface area contributed by atoms with Gasteiger partial charge in [-0.1, -0.05) is 0 Å². The van der Waals surface area contributed by atoms with Crippen LogP contribution in [0.4, 0.5) is 5.69 Å². The standard InChI is InChI=1S/C20H25N5O2/c1-13-14(2)25(12-21-13)17-6-4-16(5-7-17)22-20(27)15-8-19(26)24(9-15)18-10-23(3)11-18/h4-7,12,15,18H,8-11H2,1-3H3,(H,22,27). The Morgan fingerprint density at radius 3 is 2.44 bits per heavy atom. The first-order valence-electron chi connectivity index (χ1n) is 9.32. The zero-order valence-corrected chi connectivity index (χ0v) is 16.0. The number of aromatic nitrogens is 2. The molecule has 0 saturated carbocycles. The second-order valence-electron chi connectivity index (χ2n) is 7.64. The molecular formula is C20H25N5O2. The van der Waals surface area contributed by atoms with Crippen LogP contribution in [0.3, 0.4) is 0 Å². The Morgan fingerprint density at radius 2 is 1.85 bits per heavy atom. The fourth-order valence-corrected chi connectivity index (χ4v) is 3.83. The van der Waals surface area contributed by atoms with Crippen LogP contribution < -0.4 is 5.32 Å². The minimum atomic E-state index is -0.276. The smallest absolute Gasteiger partial charge is 0.229 e. The van der Waals surface area contributed by atoms with Crippen molar-refractivity contribution < 1.29 is 9.59 Å². The van der Waals surface area contributed by atoms with Gasteiger partial charge in [-0.05, 0) is 45.2 Å². The third kappa shape index (κ3) is 3.35. The molecular weight excluding hydrogens is 342 g/mol. The Kier molecular flexibility index (Phi) is 4.47. The number of nitrogens with one attached hydrogen (secondary N) is 1. The molecule has 2 saturated heterocycles. The number of rotatable bonds is 4. The number of anilines is 1. The zero-order chi connectivity index (χ0) is 19.1. The number of hydrogen-bond acceptors (Lipinski definition) is 4. The Labute approximate surface area is 159 Å². The molecule has 2 fully saturated rings. The number of benzene rings is 1. The summed E-state index contributed by atoms with van der Waals surface area (Å²) in [5.41, 5.74) is 3.84. The predicted molar refractivity (Wildman–Crippen MR) is 103 cm³/mol. The van der Waals surface area contributed by atoms with Gasteiger partial charge in [-0.25, -0.2) is 4.98 Å². The van der Waals surface area contributed by atoms with Gasteiger partial charge in [0, 0.05) is 43.1 Å². The van der Waals surface area contributed by atoms with E-state index in [0.29, 0.717) is 13.0 Å². The summed E-state index contributed by atoms with van der Waals surface area (Å²) in [6, 6.07) is 7.95. The Hall–Kier alpha value is -2.67. The molecule has 0 bridgehead atoms. The predicted octanol–water partition coefficient (Wildman–Crippen LogP) is 1.59. The maximum absolute atomic E-state index is 12.6. The van der Waals surface area contributed by atoms with Crippen molar-refractivity contribution in [2.45, 2.75) is 26.3 Å². The number of imidazole rings is 1. The van der Waals surface area contributed by atoms with Crippen LogP contribution >= 0.6 is 0 Å². The lowest BCUT2D eigenvalue weighted by molar-refractivity contribution is -0.132. The highest BCUT2D eigenvalue weighted by Crippen LogP contribution is 2.25. The van der Waals surface area contributed by atoms with E-state index >= 15 is 0 Å². The number of likely N-dealkylation sites (N-methyl/N-ethyl adjacent to an activating group) is 1. The molecule has 142 valence electrons. The number of carbonyl (C=O) groups is 2. The van der Waals surface area contributed by atoms with Gasteiger partial charge < -0.3 is 19.7 Å². The summed E-state index contributed by atoms with van der Waals surface area (Å²) in [7, 11) is 2.04. The quantitative estimate of drug-likeness (QED) is 0.891. The van der Waals surface area contributed by atoms with E-state index < -0.39 is 0 Å². The van der Waals surface area contributed by atoms with Crippen LogP contribution in [0.15, 0.2) is 30.6 Å². The van der Waals surface area contributed by atoms with Crippen LogP contribution in [0.25, 0.3) is 5.69 Å². The van der Waals surface area contributed by atoms with Gasteiger partial charge in [-0.3, -0.25) is 9.59 Å². The van der Waals surface area contributed by atoms with Gasteiger partial charge in [-0.2, -0.15) is 0 Å². The molecule has 27 heavy (non-hydrogen) atoms. The molecule has 3 heterocycles. The number of nitrogens with zero attached hydrogens (tertiary/aromatic N) is 4. The van der Waals surface area contributed by atoms with E-state index in [4.69, 9.17) is 0 Å². The van der Waals surface area contributed by atoms with Crippen molar-refractivity contribution in [3.05, 3.63) is 42.0 Å². The molecule has 2 aromatic rings. The highest BCUT2D eigenvalue weighted by Gasteiger charge is 2.41. The number of aryl methyl sites for hydroxylation is 1. The summed E-state index contributed by atoms with van der Waals surface area (Å²) in [6.45, 7) is 6.33. The number of amides is 2. The van der Waals surface area contributed by atoms with E-state index in [9.17, 15) is 9.59 Å². The monoisotopic (exact) mass is 367 g/mol. The Bertz CT molecular complexity index is 867. The Morgan fingerprint density at radius 1 is 1.15 bits per heavy atom. The van der Waals surface area contributed by atoms with Crippen LogP contribution in [0.2, 0.25) is 0 Å². The summed E-state index contributed by atoms with van der Waals surface area (Å²) in [4.78, 5) is 33.2. The van der Waals surface area contributed by atoms with Gasteiger partial charge in [0.15, 0.2) is 0 Å². The van der Waals surface area contributed by atoms with Crippen LogP contribution in [-0.4, -0.2) is 63.9 Å². The molecule has 2 aliphatic heterocycles. The van der Waals surface area contributed by atoms with E-state index in [-0.39, 0.29) is 23.8 Å². The largest absolute Gasteiger partial charge is 0.336 e. The van der Waals surface area contributed by atoms with Crippen LogP contribution in [-0.2, 0) is 9.59 Å². The van der Waals surface area contributed by atoms with E-state index in [1.165, 1.54) is 0 Å². The van der Waals surface area contributed by atoms with Gasteiger partial charge >= 0.3 is 0 Å². The number of carbonyl (C=O) groups excluding carboxylic acids is 2. The second kappa shape index (κ2) is 6.81. The average Bonchev–Trinajstić information content (AvgIpc) is 3.16. The highest BCUT2D eigenvalue weighted by molar-refractivity contribution is 5.97. The molecule has 1 aromatic heterocycles. The first-order chi connectivity index (χ1) is 12.9. The van der Waals surface area contributed by atoms with Crippen molar-refractivity contribution in [1.82, 2.24) is 19.4 Å². The first kappa shape index (κ1) is 17.7. The van der Waals surface area contributed by atoms with Gasteiger partial charge in [-0.15, -0.1) is 0 Å². The van der Waals surface area contributed by atoms with E-state index in [0.717, 1.165) is 35.9 Å². The molecule has 1 unspecified atom stereocenters. The third-order valence-electron chi connectivity index (χ3n) is 5.68. The van der Waals surface area contributed by atoms with Crippen molar-refractivity contribution in [3.63, 3.8) is 0 Å². The minimum absolute atomic E-state index is 0.0825. The summed E-state index contributed by atoms with van der Waals surface area (Å²) in [5.74, 6) is -0.267. The lowest BCUT2D eigenvalue weighted by atomic mass is 10.1. The van der Waals surface area contributed by atoms with Crippen LogP contribution in [0, 0.1) is 19.8 Å². The summed E-state index contributed by atoms with van der Waals surface area (Å²) in [5, 5.41) is 2.95. The third-order valence-corrected chi connectivity index (χ3v) is 5.68. The van der Waals surface area contributed by atoms with Gasteiger partial charge in [0.05, 0.1) is 24.0 Å². The lowest BCUT2D eigenvalue weighted by Crippen LogP contribution is -2.58. The normalized spacial score (nSPS) is 20.8. The second-order valence-corrected chi connectivity index (χ2v) is 7.64. The molecule has 1 atom stereocenters. The van der Waals surface area contributed by atoms with Crippen molar-refractivity contribution in [3.8, 4) is 5.69 Å². The SMILES string of the molecule is Cc1ncn(-c2ccc(NC(=O)C3CC(=O)N(C4CN(C)C4)C3)cc2)c1C. The molecule has 4 rings (SSSR count). The maximum Gasteiger partial charge on any atom is 0.229 e. The zero-order valence-electron chi connectivity index (χ0n) is 16.0. The topological polar surface area (TPSA) is 70.5 Å². The fourth-order valence-electron chi connectivity index (χ4n) is 3.83. The first-order valence-corrected chi connectivity index (χ1v) is 9.32. The summed E-state index contributed by atoms with van der Waals surface area (Å²) in [6.07, 6.45) is 2.10. The number of likely N-dealkylation sites (tertiary alicyclic amines) is 2. The molecule has 1 N–H and O–H groups in total. The maximum atomic E-state index is 12.6. The number of hydrogen-bond donors (Lipinski definition) is 1.